The van der Waals surface area contributed by atoms with Gasteiger partial charge < -0.3 is 15.8 Å². The molecule has 0 fully saturated rings. The molecular formula is C18H18N4O3S. The summed E-state index contributed by atoms with van der Waals surface area (Å²) in [7, 11) is 0. The van der Waals surface area contributed by atoms with Gasteiger partial charge in [-0.3, -0.25) is 14.5 Å². The number of primary amides is 1. The molecule has 8 heteroatoms. The number of rotatable bonds is 3. The Kier molecular flexibility index (Phi) is 3.73. The van der Waals surface area contributed by atoms with Crippen molar-refractivity contribution in [3.05, 3.63) is 51.7 Å². The first-order valence-corrected chi connectivity index (χ1v) is 9.12. The van der Waals surface area contributed by atoms with Crippen molar-refractivity contribution >= 4 is 34.7 Å². The number of aryl methyl sites for hydroxylation is 1. The van der Waals surface area contributed by atoms with Gasteiger partial charge >= 0.3 is 0 Å². The lowest BCUT2D eigenvalue weighted by atomic mass is 10.0. The molecule has 7 nitrogen and oxygen atoms in total. The van der Waals surface area contributed by atoms with Crippen LogP contribution in [0, 0.1) is 0 Å². The molecule has 1 atom stereocenters. The number of allylic oxidation sites excluding steroid dienone is 1. The van der Waals surface area contributed by atoms with Crippen LogP contribution in [0.3, 0.4) is 0 Å². The number of hydrogen-bond donors (Lipinski definition) is 2. The molecule has 134 valence electrons. The molecule has 0 radical (unpaired) electrons. The van der Waals surface area contributed by atoms with Gasteiger partial charge in [0.05, 0.1) is 11.4 Å². The number of carbonyl (C=O) groups excluding carboxylic acids is 2. The van der Waals surface area contributed by atoms with Crippen LogP contribution in [-0.4, -0.2) is 16.8 Å². The number of ether oxygens (including phenoxy) is 1. The maximum absolute atomic E-state index is 12.5. The summed E-state index contributed by atoms with van der Waals surface area (Å²) in [4.78, 5) is 30.3. The number of nitrogens with one attached hydrogen (secondary N) is 1. The van der Waals surface area contributed by atoms with Crippen LogP contribution in [0.1, 0.15) is 30.8 Å². The summed E-state index contributed by atoms with van der Waals surface area (Å²) in [5.41, 5.74) is 6.91. The van der Waals surface area contributed by atoms with Crippen molar-refractivity contribution in [2.75, 3.05) is 4.90 Å². The standard InChI is InChI=1S/C18H18N4O3S/c1-10-15(16(19)24)25-18(2,21-10)17-20-13(9-26-17)22-12-6-4-3-5-11(12)7-8-14(22)23/h3-6,9,21H,7-8H2,1-2H3,(H2,19,24). The number of nitrogens with two attached hydrogens (primary N) is 1. The average molecular weight is 370 g/mol. The van der Waals surface area contributed by atoms with E-state index in [0.717, 1.165) is 17.7 Å². The number of fused-ring (bicyclic) bond motifs is 1. The number of para-hydroxylation sites is 1. The van der Waals surface area contributed by atoms with Gasteiger partial charge in [-0.05, 0) is 25.0 Å². The first-order valence-electron chi connectivity index (χ1n) is 8.24. The van der Waals surface area contributed by atoms with E-state index in [1.54, 1.807) is 18.7 Å². The Morgan fingerprint density at radius 1 is 1.38 bits per heavy atom. The van der Waals surface area contributed by atoms with Crippen LogP contribution >= 0.6 is 11.3 Å². The third kappa shape index (κ3) is 2.53. The zero-order chi connectivity index (χ0) is 18.5. The van der Waals surface area contributed by atoms with Crippen LogP contribution in [0.4, 0.5) is 11.5 Å². The van der Waals surface area contributed by atoms with Crippen LogP contribution in [0.5, 0.6) is 0 Å². The van der Waals surface area contributed by atoms with E-state index in [9.17, 15) is 9.59 Å². The van der Waals surface area contributed by atoms with Gasteiger partial charge in [0.1, 0.15) is 0 Å². The number of thiazole rings is 1. The molecule has 26 heavy (non-hydrogen) atoms. The second-order valence-electron chi connectivity index (χ2n) is 6.45. The zero-order valence-corrected chi connectivity index (χ0v) is 15.2. The molecule has 3 heterocycles. The summed E-state index contributed by atoms with van der Waals surface area (Å²) < 4.78 is 5.74. The fourth-order valence-corrected chi connectivity index (χ4v) is 4.16. The first-order chi connectivity index (χ1) is 12.4. The number of amides is 2. The van der Waals surface area contributed by atoms with Crippen LogP contribution in [-0.2, 0) is 26.5 Å². The van der Waals surface area contributed by atoms with Crippen molar-refractivity contribution in [2.45, 2.75) is 32.4 Å². The molecule has 2 amide bonds. The summed E-state index contributed by atoms with van der Waals surface area (Å²) in [5, 5.41) is 5.56. The minimum Gasteiger partial charge on any atom is -0.454 e. The van der Waals surface area contributed by atoms with Crippen molar-refractivity contribution in [2.24, 2.45) is 5.73 Å². The molecule has 1 aromatic carbocycles. The summed E-state index contributed by atoms with van der Waals surface area (Å²) in [5.74, 6) is 0.0383. The Hall–Kier alpha value is -2.87. The number of carbonyl (C=O) groups is 2. The summed E-state index contributed by atoms with van der Waals surface area (Å²) >= 11 is 1.36. The highest BCUT2D eigenvalue weighted by Crippen LogP contribution is 2.39. The fraction of sp³-hybridized carbons (Fsp3) is 0.278. The smallest absolute Gasteiger partial charge is 0.285 e. The third-order valence-corrected chi connectivity index (χ3v) is 5.55. The lowest BCUT2D eigenvalue weighted by Crippen LogP contribution is -2.36. The van der Waals surface area contributed by atoms with E-state index < -0.39 is 11.6 Å². The summed E-state index contributed by atoms with van der Waals surface area (Å²) in [6.45, 7) is 3.51. The van der Waals surface area contributed by atoms with Crippen LogP contribution in [0.25, 0.3) is 0 Å². The second-order valence-corrected chi connectivity index (χ2v) is 7.31. The van der Waals surface area contributed by atoms with Crippen molar-refractivity contribution in [3.8, 4) is 0 Å². The highest BCUT2D eigenvalue weighted by Gasteiger charge is 2.41. The molecule has 1 aromatic heterocycles. The molecule has 2 aromatic rings. The molecular weight excluding hydrogens is 352 g/mol. The normalized spacial score (nSPS) is 22.1. The minimum absolute atomic E-state index is 0.0122. The van der Waals surface area contributed by atoms with E-state index in [0.29, 0.717) is 22.9 Å². The Morgan fingerprint density at radius 2 is 2.15 bits per heavy atom. The van der Waals surface area contributed by atoms with E-state index in [1.807, 2.05) is 29.6 Å². The van der Waals surface area contributed by atoms with Crippen molar-refractivity contribution < 1.29 is 14.3 Å². The molecule has 0 saturated carbocycles. The molecule has 1 unspecified atom stereocenters. The molecule has 0 aliphatic carbocycles. The van der Waals surface area contributed by atoms with E-state index >= 15 is 0 Å². The van der Waals surface area contributed by atoms with Gasteiger partial charge in [0.2, 0.25) is 17.4 Å². The van der Waals surface area contributed by atoms with Crippen LogP contribution in [0.15, 0.2) is 41.1 Å². The Morgan fingerprint density at radius 3 is 2.88 bits per heavy atom. The topological polar surface area (TPSA) is 97.6 Å². The predicted molar refractivity (Wildman–Crippen MR) is 97.5 cm³/mol. The second kappa shape index (κ2) is 5.84. The summed E-state index contributed by atoms with van der Waals surface area (Å²) in [6.07, 6.45) is 1.18. The number of benzene rings is 1. The van der Waals surface area contributed by atoms with E-state index in [1.165, 1.54) is 11.3 Å². The van der Waals surface area contributed by atoms with Gasteiger partial charge in [-0.15, -0.1) is 11.3 Å². The van der Waals surface area contributed by atoms with Crippen molar-refractivity contribution in [3.63, 3.8) is 0 Å². The lowest BCUT2D eigenvalue weighted by Gasteiger charge is -2.28. The lowest BCUT2D eigenvalue weighted by molar-refractivity contribution is -0.120. The number of anilines is 2. The fourth-order valence-electron chi connectivity index (χ4n) is 3.32. The molecule has 4 rings (SSSR count). The zero-order valence-electron chi connectivity index (χ0n) is 14.4. The van der Waals surface area contributed by atoms with Crippen molar-refractivity contribution in [1.82, 2.24) is 10.3 Å². The van der Waals surface area contributed by atoms with E-state index in [4.69, 9.17) is 10.5 Å². The molecule has 2 aliphatic heterocycles. The molecule has 0 saturated heterocycles. The minimum atomic E-state index is -0.990. The Bertz CT molecular complexity index is 951. The van der Waals surface area contributed by atoms with Crippen LogP contribution < -0.4 is 16.0 Å². The quantitative estimate of drug-likeness (QED) is 0.864. The molecule has 2 aliphatic rings. The highest BCUT2D eigenvalue weighted by molar-refractivity contribution is 7.10. The average Bonchev–Trinajstić information content (AvgIpc) is 3.20. The van der Waals surface area contributed by atoms with E-state index in [-0.39, 0.29) is 11.7 Å². The molecule has 3 N–H and O–H groups in total. The number of nitrogens with zero attached hydrogens (tertiary/aromatic N) is 2. The van der Waals surface area contributed by atoms with Gasteiger partial charge in [-0.25, -0.2) is 4.98 Å². The maximum atomic E-state index is 12.5. The van der Waals surface area contributed by atoms with Crippen LogP contribution in [0.2, 0.25) is 0 Å². The van der Waals surface area contributed by atoms with E-state index in [2.05, 4.69) is 10.3 Å². The van der Waals surface area contributed by atoms with Gasteiger partial charge in [0, 0.05) is 18.7 Å². The summed E-state index contributed by atoms with van der Waals surface area (Å²) in [6, 6.07) is 7.83. The predicted octanol–water partition coefficient (Wildman–Crippen LogP) is 2.26. The SMILES string of the molecule is CC1=C(C(N)=O)OC(C)(c2nc(N3C(=O)CCc4ccccc43)cs2)N1. The molecule has 0 spiro atoms. The monoisotopic (exact) mass is 370 g/mol. The third-order valence-electron chi connectivity index (χ3n) is 4.52. The number of aromatic nitrogens is 1. The van der Waals surface area contributed by atoms with Gasteiger partial charge in [-0.1, -0.05) is 18.2 Å². The highest BCUT2D eigenvalue weighted by atomic mass is 32.1. The number of hydrogen-bond acceptors (Lipinski definition) is 6. The molecule has 0 bridgehead atoms. The van der Waals surface area contributed by atoms with Crippen molar-refractivity contribution in [1.29, 1.82) is 0 Å². The Labute approximate surface area is 154 Å². The first kappa shape index (κ1) is 16.6. The Balaban J connectivity index is 1.68. The van der Waals surface area contributed by atoms with Gasteiger partial charge in [-0.2, -0.15) is 0 Å². The largest absolute Gasteiger partial charge is 0.454 e. The van der Waals surface area contributed by atoms with Gasteiger partial charge in [0.25, 0.3) is 5.91 Å². The maximum Gasteiger partial charge on any atom is 0.285 e. The van der Waals surface area contributed by atoms with Gasteiger partial charge in [0.15, 0.2) is 10.8 Å².